The average molecular weight is 381 g/mol. The van der Waals surface area contributed by atoms with Crippen LogP contribution in [0.4, 0.5) is 8.78 Å². The Hall–Kier alpha value is -3.06. The monoisotopic (exact) mass is 381 g/mol. The molecular formula is C20H13F2N3OS. The highest BCUT2D eigenvalue weighted by Gasteiger charge is 2.17. The quantitative estimate of drug-likeness (QED) is 0.527. The zero-order valence-electron chi connectivity index (χ0n) is 14.2. The van der Waals surface area contributed by atoms with Crippen molar-refractivity contribution in [2.45, 2.75) is 9.79 Å². The van der Waals surface area contributed by atoms with Gasteiger partial charge < -0.3 is 4.57 Å². The van der Waals surface area contributed by atoms with Crippen molar-refractivity contribution in [3.63, 3.8) is 0 Å². The Labute approximate surface area is 157 Å². The maximum absolute atomic E-state index is 14.3. The third kappa shape index (κ3) is 3.21. The summed E-state index contributed by atoms with van der Waals surface area (Å²) in [7, 11) is 1.60. The SMILES string of the molecule is Cn1c(=O)c(Sc2ccccc2)cc2cnnc(-c3ccc(F)cc3F)c21. The van der Waals surface area contributed by atoms with E-state index in [4.69, 9.17) is 0 Å². The molecule has 2 aromatic carbocycles. The summed E-state index contributed by atoms with van der Waals surface area (Å²) < 4.78 is 28.9. The molecule has 4 rings (SSSR count). The first-order valence-electron chi connectivity index (χ1n) is 8.08. The first-order valence-corrected chi connectivity index (χ1v) is 8.90. The minimum absolute atomic E-state index is 0.0907. The van der Waals surface area contributed by atoms with E-state index in [0.29, 0.717) is 15.8 Å². The molecule has 0 bridgehead atoms. The van der Waals surface area contributed by atoms with Gasteiger partial charge in [-0.15, -0.1) is 5.10 Å². The van der Waals surface area contributed by atoms with Gasteiger partial charge in [-0.2, -0.15) is 5.10 Å². The Bertz CT molecular complexity index is 1210. The lowest BCUT2D eigenvalue weighted by Gasteiger charge is -2.12. The fourth-order valence-electron chi connectivity index (χ4n) is 2.87. The van der Waals surface area contributed by atoms with Crippen LogP contribution in [0.2, 0.25) is 0 Å². The van der Waals surface area contributed by atoms with Crippen molar-refractivity contribution in [2.75, 3.05) is 0 Å². The third-order valence-corrected chi connectivity index (χ3v) is 5.17. The number of rotatable bonds is 3. The van der Waals surface area contributed by atoms with Gasteiger partial charge in [-0.05, 0) is 30.3 Å². The van der Waals surface area contributed by atoms with E-state index in [-0.39, 0.29) is 16.8 Å². The van der Waals surface area contributed by atoms with E-state index in [2.05, 4.69) is 10.2 Å². The highest BCUT2D eigenvalue weighted by Crippen LogP contribution is 2.31. The first-order chi connectivity index (χ1) is 13.0. The fraction of sp³-hybridized carbons (Fsp3) is 0.0500. The molecule has 0 aliphatic carbocycles. The van der Waals surface area contributed by atoms with Gasteiger partial charge in [-0.3, -0.25) is 4.79 Å². The normalized spacial score (nSPS) is 11.1. The molecule has 4 nitrogen and oxygen atoms in total. The van der Waals surface area contributed by atoms with Crippen LogP contribution in [0, 0.1) is 11.6 Å². The molecule has 2 aromatic heterocycles. The van der Waals surface area contributed by atoms with E-state index >= 15 is 0 Å². The maximum atomic E-state index is 14.3. The highest BCUT2D eigenvalue weighted by molar-refractivity contribution is 7.99. The summed E-state index contributed by atoms with van der Waals surface area (Å²) in [6.07, 6.45) is 1.52. The molecule has 0 N–H and O–H groups in total. The largest absolute Gasteiger partial charge is 0.308 e. The van der Waals surface area contributed by atoms with Gasteiger partial charge in [0.05, 0.1) is 16.6 Å². The van der Waals surface area contributed by atoms with E-state index in [1.54, 1.807) is 13.1 Å². The number of fused-ring (bicyclic) bond motifs is 1. The Balaban J connectivity index is 1.92. The molecule has 0 aliphatic rings. The number of aryl methyl sites for hydroxylation is 1. The van der Waals surface area contributed by atoms with Crippen molar-refractivity contribution in [1.82, 2.24) is 14.8 Å². The van der Waals surface area contributed by atoms with Crippen LogP contribution >= 0.6 is 11.8 Å². The Morgan fingerprint density at radius 2 is 1.81 bits per heavy atom. The van der Waals surface area contributed by atoms with Gasteiger partial charge in [0.1, 0.15) is 17.3 Å². The van der Waals surface area contributed by atoms with Gasteiger partial charge in [-0.25, -0.2) is 8.78 Å². The Morgan fingerprint density at radius 3 is 2.56 bits per heavy atom. The second-order valence-corrected chi connectivity index (χ2v) is 7.02. The summed E-state index contributed by atoms with van der Waals surface area (Å²) in [5.41, 5.74) is 0.500. The lowest BCUT2D eigenvalue weighted by atomic mass is 10.1. The van der Waals surface area contributed by atoms with E-state index < -0.39 is 11.6 Å². The van der Waals surface area contributed by atoms with Crippen LogP contribution < -0.4 is 5.56 Å². The molecule has 0 atom stereocenters. The van der Waals surface area contributed by atoms with Gasteiger partial charge >= 0.3 is 0 Å². The van der Waals surface area contributed by atoms with E-state index in [1.165, 1.54) is 28.6 Å². The van der Waals surface area contributed by atoms with Crippen LogP contribution in [0.1, 0.15) is 0 Å². The van der Waals surface area contributed by atoms with Crippen LogP contribution in [0.15, 0.2) is 75.4 Å². The van der Waals surface area contributed by atoms with Crippen molar-refractivity contribution in [1.29, 1.82) is 0 Å². The van der Waals surface area contributed by atoms with Gasteiger partial charge in [0.15, 0.2) is 0 Å². The Kier molecular flexibility index (Phi) is 4.45. The molecule has 134 valence electrons. The molecule has 27 heavy (non-hydrogen) atoms. The summed E-state index contributed by atoms with van der Waals surface area (Å²) in [5, 5.41) is 8.58. The van der Waals surface area contributed by atoms with Crippen molar-refractivity contribution in [3.05, 3.63) is 82.8 Å². The molecular weight excluding hydrogens is 368 g/mol. The number of aromatic nitrogens is 3. The molecule has 0 amide bonds. The summed E-state index contributed by atoms with van der Waals surface area (Å²) in [5.74, 6) is -1.44. The van der Waals surface area contributed by atoms with E-state index in [1.807, 2.05) is 30.3 Å². The summed E-state index contributed by atoms with van der Waals surface area (Å²) in [6.45, 7) is 0. The topological polar surface area (TPSA) is 47.8 Å². The molecule has 2 heterocycles. The summed E-state index contributed by atoms with van der Waals surface area (Å²) in [6, 6.07) is 14.5. The Morgan fingerprint density at radius 1 is 1.04 bits per heavy atom. The molecule has 0 spiro atoms. The molecule has 0 saturated carbocycles. The predicted molar refractivity (Wildman–Crippen MR) is 101 cm³/mol. The number of nitrogens with zero attached hydrogens (tertiary/aromatic N) is 3. The van der Waals surface area contributed by atoms with Crippen LogP contribution in [0.5, 0.6) is 0 Å². The predicted octanol–water partition coefficient (Wildman–Crippen LogP) is 4.42. The number of benzene rings is 2. The molecule has 0 unspecified atom stereocenters. The van der Waals surface area contributed by atoms with Crippen LogP contribution in [0.3, 0.4) is 0 Å². The first kappa shape index (κ1) is 17.4. The second kappa shape index (κ2) is 6.92. The minimum Gasteiger partial charge on any atom is -0.308 e. The van der Waals surface area contributed by atoms with Gasteiger partial charge in [0, 0.05) is 29.0 Å². The number of hydrogen-bond donors (Lipinski definition) is 0. The number of pyridine rings is 1. The van der Waals surface area contributed by atoms with Crippen molar-refractivity contribution in [2.24, 2.45) is 7.05 Å². The standard InChI is InChI=1S/C20H13F2N3OS/c1-25-19-12(9-17(20(25)26)27-14-5-3-2-4-6-14)11-23-24-18(19)15-8-7-13(21)10-16(15)22/h2-11H,1H3. The van der Waals surface area contributed by atoms with Gasteiger partial charge in [0.2, 0.25) is 0 Å². The van der Waals surface area contributed by atoms with Crippen molar-refractivity contribution < 1.29 is 8.78 Å². The molecule has 0 saturated heterocycles. The van der Waals surface area contributed by atoms with Crippen molar-refractivity contribution in [3.8, 4) is 11.3 Å². The molecule has 4 aromatic rings. The minimum atomic E-state index is -0.757. The molecule has 0 radical (unpaired) electrons. The zero-order chi connectivity index (χ0) is 19.0. The highest BCUT2D eigenvalue weighted by atomic mass is 32.2. The fourth-order valence-corrected chi connectivity index (χ4v) is 3.83. The average Bonchev–Trinajstić information content (AvgIpc) is 2.66. The van der Waals surface area contributed by atoms with E-state index in [0.717, 1.165) is 17.0 Å². The molecule has 7 heteroatoms. The number of halogens is 2. The van der Waals surface area contributed by atoms with Crippen LogP contribution in [0.25, 0.3) is 22.2 Å². The maximum Gasteiger partial charge on any atom is 0.264 e. The van der Waals surface area contributed by atoms with Crippen LogP contribution in [-0.2, 0) is 7.05 Å². The molecule has 0 fully saturated rings. The summed E-state index contributed by atoms with van der Waals surface area (Å²) in [4.78, 5) is 14.3. The van der Waals surface area contributed by atoms with E-state index in [9.17, 15) is 13.6 Å². The van der Waals surface area contributed by atoms with Gasteiger partial charge in [0.25, 0.3) is 5.56 Å². The lowest BCUT2D eigenvalue weighted by Crippen LogP contribution is -2.19. The zero-order valence-corrected chi connectivity index (χ0v) is 15.0. The lowest BCUT2D eigenvalue weighted by molar-refractivity contribution is 0.585. The number of hydrogen-bond acceptors (Lipinski definition) is 4. The smallest absolute Gasteiger partial charge is 0.264 e. The van der Waals surface area contributed by atoms with Crippen molar-refractivity contribution >= 4 is 22.7 Å². The second-order valence-electron chi connectivity index (χ2n) is 5.91. The third-order valence-electron chi connectivity index (χ3n) is 4.15. The summed E-state index contributed by atoms with van der Waals surface area (Å²) >= 11 is 1.34. The van der Waals surface area contributed by atoms with Crippen LogP contribution in [-0.4, -0.2) is 14.8 Å². The molecule has 0 aliphatic heterocycles. The van der Waals surface area contributed by atoms with Gasteiger partial charge in [-0.1, -0.05) is 30.0 Å².